The van der Waals surface area contributed by atoms with Crippen LogP contribution in [-0.4, -0.2) is 30.9 Å². The van der Waals surface area contributed by atoms with Crippen molar-refractivity contribution < 1.29 is 18.7 Å². The van der Waals surface area contributed by atoms with Crippen LogP contribution in [0.3, 0.4) is 0 Å². The minimum Gasteiger partial charge on any atom is -0.409 e. The third-order valence-electron chi connectivity index (χ3n) is 2.84. The SMILES string of the molecule is CN(C)C(=O)Oc1ccc(Cl)cc1C(=O)c1cccc(F)c1. The number of ether oxygens (including phenoxy) is 1. The van der Waals surface area contributed by atoms with Gasteiger partial charge in [0.2, 0.25) is 0 Å². The summed E-state index contributed by atoms with van der Waals surface area (Å²) in [7, 11) is 3.04. The molecule has 22 heavy (non-hydrogen) atoms. The summed E-state index contributed by atoms with van der Waals surface area (Å²) in [6.45, 7) is 0. The predicted molar refractivity (Wildman–Crippen MR) is 81.0 cm³/mol. The third kappa shape index (κ3) is 3.62. The smallest absolute Gasteiger partial charge is 0.409 e. The molecule has 2 aromatic carbocycles. The van der Waals surface area contributed by atoms with E-state index in [9.17, 15) is 14.0 Å². The number of carbonyl (C=O) groups is 2. The zero-order valence-corrected chi connectivity index (χ0v) is 12.7. The van der Waals surface area contributed by atoms with Crippen LogP contribution in [0.5, 0.6) is 5.75 Å². The second-order valence-corrected chi connectivity index (χ2v) is 5.18. The van der Waals surface area contributed by atoms with Gasteiger partial charge in [0.05, 0.1) is 5.56 Å². The summed E-state index contributed by atoms with van der Waals surface area (Å²) in [5.41, 5.74) is 0.234. The Kier molecular flexibility index (Phi) is 4.78. The number of amides is 1. The number of hydrogen-bond acceptors (Lipinski definition) is 3. The molecule has 0 atom stereocenters. The molecule has 4 nitrogen and oxygen atoms in total. The Morgan fingerprint density at radius 3 is 2.50 bits per heavy atom. The predicted octanol–water partition coefficient (Wildman–Crippen LogP) is 3.77. The number of carbonyl (C=O) groups excluding carboxylic acids is 2. The van der Waals surface area contributed by atoms with Gasteiger partial charge in [0.1, 0.15) is 11.6 Å². The van der Waals surface area contributed by atoms with Gasteiger partial charge < -0.3 is 9.64 Å². The molecule has 0 aliphatic rings. The summed E-state index contributed by atoms with van der Waals surface area (Å²) in [5.74, 6) is -0.944. The Morgan fingerprint density at radius 1 is 1.14 bits per heavy atom. The molecule has 0 N–H and O–H groups in total. The van der Waals surface area contributed by atoms with Crippen LogP contribution in [-0.2, 0) is 0 Å². The van der Waals surface area contributed by atoms with Gasteiger partial charge in [-0.15, -0.1) is 0 Å². The summed E-state index contributed by atoms with van der Waals surface area (Å²) in [6, 6.07) is 9.57. The maximum atomic E-state index is 13.3. The molecule has 0 saturated carbocycles. The van der Waals surface area contributed by atoms with Crippen LogP contribution >= 0.6 is 11.6 Å². The first-order valence-electron chi connectivity index (χ1n) is 6.37. The van der Waals surface area contributed by atoms with Crippen molar-refractivity contribution in [1.29, 1.82) is 0 Å². The lowest BCUT2D eigenvalue weighted by Gasteiger charge is -2.13. The summed E-state index contributed by atoms with van der Waals surface area (Å²) in [5, 5.41) is 0.310. The van der Waals surface area contributed by atoms with Gasteiger partial charge in [0.15, 0.2) is 5.78 Å². The summed E-state index contributed by atoms with van der Waals surface area (Å²) in [4.78, 5) is 25.4. The van der Waals surface area contributed by atoms with Crippen molar-refractivity contribution in [3.63, 3.8) is 0 Å². The molecule has 0 aromatic heterocycles. The lowest BCUT2D eigenvalue weighted by molar-refractivity contribution is 0.103. The molecule has 0 bridgehead atoms. The fourth-order valence-corrected chi connectivity index (χ4v) is 1.91. The van der Waals surface area contributed by atoms with Crippen molar-refractivity contribution in [2.45, 2.75) is 0 Å². The van der Waals surface area contributed by atoms with E-state index in [-0.39, 0.29) is 16.9 Å². The van der Waals surface area contributed by atoms with Crippen molar-refractivity contribution in [2.75, 3.05) is 14.1 Å². The normalized spacial score (nSPS) is 10.2. The van der Waals surface area contributed by atoms with E-state index in [1.165, 1.54) is 55.4 Å². The topological polar surface area (TPSA) is 46.6 Å². The van der Waals surface area contributed by atoms with E-state index in [0.29, 0.717) is 5.02 Å². The quantitative estimate of drug-likeness (QED) is 0.808. The Hall–Kier alpha value is -2.40. The van der Waals surface area contributed by atoms with Crippen LogP contribution in [0.4, 0.5) is 9.18 Å². The first-order chi connectivity index (χ1) is 10.4. The number of benzene rings is 2. The Balaban J connectivity index is 2.43. The van der Waals surface area contributed by atoms with Gasteiger partial charge >= 0.3 is 6.09 Å². The Bertz CT molecular complexity index is 731. The highest BCUT2D eigenvalue weighted by atomic mass is 35.5. The molecule has 114 valence electrons. The molecule has 0 heterocycles. The van der Waals surface area contributed by atoms with Crippen LogP contribution in [0, 0.1) is 5.82 Å². The standard InChI is InChI=1S/C16H13ClFNO3/c1-19(2)16(21)22-14-7-6-11(17)9-13(14)15(20)10-4-3-5-12(18)8-10/h3-9H,1-2H3. The maximum absolute atomic E-state index is 13.3. The van der Waals surface area contributed by atoms with Crippen LogP contribution in [0.2, 0.25) is 5.02 Å². The molecule has 0 saturated heterocycles. The highest BCUT2D eigenvalue weighted by Gasteiger charge is 2.18. The number of rotatable bonds is 3. The zero-order valence-electron chi connectivity index (χ0n) is 12.0. The molecule has 6 heteroatoms. The number of halogens is 2. The van der Waals surface area contributed by atoms with Gasteiger partial charge in [-0.1, -0.05) is 23.7 Å². The number of ketones is 1. The third-order valence-corrected chi connectivity index (χ3v) is 3.07. The second-order valence-electron chi connectivity index (χ2n) is 4.74. The lowest BCUT2D eigenvalue weighted by Crippen LogP contribution is -2.26. The van der Waals surface area contributed by atoms with Gasteiger partial charge in [-0.2, -0.15) is 0 Å². The first-order valence-corrected chi connectivity index (χ1v) is 6.75. The fourth-order valence-electron chi connectivity index (χ4n) is 1.74. The highest BCUT2D eigenvalue weighted by Crippen LogP contribution is 2.26. The largest absolute Gasteiger partial charge is 0.414 e. The van der Waals surface area contributed by atoms with E-state index >= 15 is 0 Å². The van der Waals surface area contributed by atoms with E-state index in [4.69, 9.17) is 16.3 Å². The molecule has 0 fully saturated rings. The van der Waals surface area contributed by atoms with E-state index in [1.807, 2.05) is 0 Å². The van der Waals surface area contributed by atoms with Crippen LogP contribution in [0.25, 0.3) is 0 Å². The maximum Gasteiger partial charge on any atom is 0.414 e. The minimum absolute atomic E-state index is 0.0670. The Labute approximate surface area is 132 Å². The van der Waals surface area contributed by atoms with Crippen LogP contribution in [0.15, 0.2) is 42.5 Å². The van der Waals surface area contributed by atoms with Crippen molar-refractivity contribution in [3.05, 3.63) is 64.4 Å². The molecule has 0 spiro atoms. The molecule has 2 rings (SSSR count). The highest BCUT2D eigenvalue weighted by molar-refractivity contribution is 6.31. The lowest BCUT2D eigenvalue weighted by atomic mass is 10.0. The molecule has 2 aromatic rings. The minimum atomic E-state index is -0.629. The van der Waals surface area contributed by atoms with E-state index < -0.39 is 17.7 Å². The van der Waals surface area contributed by atoms with Gasteiger partial charge in [-0.25, -0.2) is 9.18 Å². The second kappa shape index (κ2) is 6.58. The number of nitrogens with zero attached hydrogens (tertiary/aromatic N) is 1. The molecular formula is C16H13ClFNO3. The molecule has 1 amide bonds. The average Bonchev–Trinajstić information content (AvgIpc) is 2.48. The Morgan fingerprint density at radius 2 is 1.86 bits per heavy atom. The molecule has 0 radical (unpaired) electrons. The molecule has 0 aliphatic heterocycles. The number of hydrogen-bond donors (Lipinski definition) is 0. The molecule has 0 unspecified atom stereocenters. The fraction of sp³-hybridized carbons (Fsp3) is 0.125. The van der Waals surface area contributed by atoms with Gasteiger partial charge in [0, 0.05) is 24.7 Å². The van der Waals surface area contributed by atoms with E-state index in [1.54, 1.807) is 0 Å². The van der Waals surface area contributed by atoms with Gasteiger partial charge in [0.25, 0.3) is 0 Å². The van der Waals surface area contributed by atoms with E-state index in [2.05, 4.69) is 0 Å². The van der Waals surface area contributed by atoms with Crippen molar-refractivity contribution in [2.24, 2.45) is 0 Å². The summed E-state index contributed by atoms with van der Waals surface area (Å²) < 4.78 is 18.4. The summed E-state index contributed by atoms with van der Waals surface area (Å²) in [6.07, 6.45) is -0.629. The van der Waals surface area contributed by atoms with Crippen LogP contribution < -0.4 is 4.74 Å². The van der Waals surface area contributed by atoms with Crippen molar-refractivity contribution in [1.82, 2.24) is 4.90 Å². The van der Waals surface area contributed by atoms with Crippen LogP contribution in [0.1, 0.15) is 15.9 Å². The monoisotopic (exact) mass is 321 g/mol. The van der Waals surface area contributed by atoms with Crippen molar-refractivity contribution in [3.8, 4) is 5.75 Å². The van der Waals surface area contributed by atoms with Crippen molar-refractivity contribution >= 4 is 23.5 Å². The first kappa shape index (κ1) is 16.0. The summed E-state index contributed by atoms with van der Waals surface area (Å²) >= 11 is 5.90. The van der Waals surface area contributed by atoms with Gasteiger partial charge in [-0.05, 0) is 30.3 Å². The molecular weight excluding hydrogens is 309 g/mol. The average molecular weight is 322 g/mol. The van der Waals surface area contributed by atoms with E-state index in [0.717, 1.165) is 6.07 Å². The molecule has 0 aliphatic carbocycles. The van der Waals surface area contributed by atoms with Gasteiger partial charge in [-0.3, -0.25) is 4.79 Å². The zero-order chi connectivity index (χ0) is 16.3.